The summed E-state index contributed by atoms with van der Waals surface area (Å²) in [5.41, 5.74) is 1.57. The maximum Gasteiger partial charge on any atom is 0.433 e. The van der Waals surface area contributed by atoms with Gasteiger partial charge in [-0.25, -0.2) is 0 Å². The lowest BCUT2D eigenvalue weighted by molar-refractivity contribution is -0.140. The van der Waals surface area contributed by atoms with Crippen LogP contribution in [0.2, 0.25) is 0 Å². The molecule has 0 saturated carbocycles. The van der Waals surface area contributed by atoms with E-state index in [2.05, 4.69) is 5.10 Å². The fourth-order valence-electron chi connectivity index (χ4n) is 1.73. The van der Waals surface area contributed by atoms with Gasteiger partial charge in [-0.1, -0.05) is 23.8 Å². The lowest BCUT2D eigenvalue weighted by Gasteiger charge is -2.10. The second-order valence-electron chi connectivity index (χ2n) is 3.97. The zero-order valence-corrected chi connectivity index (χ0v) is 9.39. The molecule has 0 amide bonds. The Labute approximate surface area is 96.5 Å². The van der Waals surface area contributed by atoms with Gasteiger partial charge in [-0.05, 0) is 25.0 Å². The molecule has 2 rings (SSSR count). The summed E-state index contributed by atoms with van der Waals surface area (Å²) in [4.78, 5) is 0. The molecule has 1 aromatic carbocycles. The molecule has 0 atom stereocenters. The van der Waals surface area contributed by atoms with Gasteiger partial charge in [0, 0.05) is 5.56 Å². The number of aromatic nitrogens is 2. The molecule has 0 spiro atoms. The maximum atomic E-state index is 12.7. The standard InChI is InChI=1S/C12H11F3N2/c1-7-3-4-8(2)9(5-7)10-6-16-17-11(10)12(13,14)15/h3-6H,1-2H3,(H,16,17). The largest absolute Gasteiger partial charge is 0.433 e. The first-order valence-corrected chi connectivity index (χ1v) is 5.08. The number of halogens is 3. The smallest absolute Gasteiger partial charge is 0.273 e. The average molecular weight is 240 g/mol. The molecule has 0 saturated heterocycles. The average Bonchev–Trinajstić information content (AvgIpc) is 2.69. The van der Waals surface area contributed by atoms with E-state index in [9.17, 15) is 13.2 Å². The second-order valence-corrected chi connectivity index (χ2v) is 3.97. The normalized spacial score (nSPS) is 11.8. The Kier molecular flexibility index (Phi) is 2.69. The van der Waals surface area contributed by atoms with Crippen molar-refractivity contribution in [1.82, 2.24) is 10.2 Å². The van der Waals surface area contributed by atoms with Crippen LogP contribution in [0.5, 0.6) is 0 Å². The van der Waals surface area contributed by atoms with E-state index in [0.29, 0.717) is 5.56 Å². The van der Waals surface area contributed by atoms with Gasteiger partial charge in [-0.3, -0.25) is 5.10 Å². The molecule has 1 heterocycles. The number of alkyl halides is 3. The van der Waals surface area contributed by atoms with Gasteiger partial charge in [0.05, 0.1) is 6.20 Å². The Morgan fingerprint density at radius 1 is 1.12 bits per heavy atom. The molecule has 0 aliphatic heterocycles. The molecule has 2 nitrogen and oxygen atoms in total. The van der Waals surface area contributed by atoms with Crippen molar-refractivity contribution in [3.8, 4) is 11.1 Å². The van der Waals surface area contributed by atoms with Gasteiger partial charge in [-0.15, -0.1) is 0 Å². The quantitative estimate of drug-likeness (QED) is 0.808. The molecule has 0 fully saturated rings. The number of hydrogen-bond donors (Lipinski definition) is 1. The van der Waals surface area contributed by atoms with Crippen LogP contribution >= 0.6 is 0 Å². The maximum absolute atomic E-state index is 12.7. The van der Waals surface area contributed by atoms with Crippen molar-refractivity contribution in [2.45, 2.75) is 20.0 Å². The fourth-order valence-corrected chi connectivity index (χ4v) is 1.73. The molecule has 1 aromatic heterocycles. The van der Waals surface area contributed by atoms with Crippen LogP contribution in [0.15, 0.2) is 24.4 Å². The molecule has 0 unspecified atom stereocenters. The van der Waals surface area contributed by atoms with E-state index in [-0.39, 0.29) is 5.56 Å². The predicted molar refractivity (Wildman–Crippen MR) is 58.5 cm³/mol. The number of hydrogen-bond acceptors (Lipinski definition) is 1. The van der Waals surface area contributed by atoms with Crippen LogP contribution in [0.3, 0.4) is 0 Å². The molecule has 0 radical (unpaired) electrons. The number of benzene rings is 1. The van der Waals surface area contributed by atoms with Crippen molar-refractivity contribution in [1.29, 1.82) is 0 Å². The molecule has 0 aliphatic carbocycles. The van der Waals surface area contributed by atoms with Crippen LogP contribution in [0.25, 0.3) is 11.1 Å². The van der Waals surface area contributed by atoms with Gasteiger partial charge < -0.3 is 0 Å². The van der Waals surface area contributed by atoms with Gasteiger partial charge >= 0.3 is 6.18 Å². The monoisotopic (exact) mass is 240 g/mol. The highest BCUT2D eigenvalue weighted by Crippen LogP contribution is 2.36. The Morgan fingerprint density at radius 2 is 1.82 bits per heavy atom. The summed E-state index contributed by atoms with van der Waals surface area (Å²) < 4.78 is 38.2. The predicted octanol–water partition coefficient (Wildman–Crippen LogP) is 3.71. The lowest BCUT2D eigenvalue weighted by Crippen LogP contribution is -2.07. The Bertz CT molecular complexity index is 541. The molecule has 0 bridgehead atoms. The molecule has 2 aromatic rings. The first kappa shape index (κ1) is 11.7. The van der Waals surface area contributed by atoms with E-state index in [1.807, 2.05) is 18.1 Å². The molecule has 0 aliphatic rings. The van der Waals surface area contributed by atoms with E-state index in [1.165, 1.54) is 6.20 Å². The highest BCUT2D eigenvalue weighted by atomic mass is 19.4. The van der Waals surface area contributed by atoms with Crippen LogP contribution in [0.4, 0.5) is 13.2 Å². The fraction of sp³-hybridized carbons (Fsp3) is 0.250. The summed E-state index contributed by atoms with van der Waals surface area (Å²) in [6.45, 7) is 3.62. The van der Waals surface area contributed by atoms with Gasteiger partial charge in [0.15, 0.2) is 0 Å². The minimum absolute atomic E-state index is 0.0960. The van der Waals surface area contributed by atoms with Crippen LogP contribution in [0.1, 0.15) is 16.8 Å². The topological polar surface area (TPSA) is 28.7 Å². The summed E-state index contributed by atoms with van der Waals surface area (Å²) in [5, 5.41) is 5.51. The van der Waals surface area contributed by atoms with Crippen LogP contribution < -0.4 is 0 Å². The summed E-state index contributed by atoms with van der Waals surface area (Å²) >= 11 is 0. The van der Waals surface area contributed by atoms with Gasteiger partial charge in [0.1, 0.15) is 5.69 Å². The minimum Gasteiger partial charge on any atom is -0.273 e. The summed E-state index contributed by atoms with van der Waals surface area (Å²) in [6.07, 6.45) is -3.20. The van der Waals surface area contributed by atoms with Crippen LogP contribution in [-0.2, 0) is 6.18 Å². The third-order valence-electron chi connectivity index (χ3n) is 2.61. The number of rotatable bonds is 1. The number of aromatic amines is 1. The summed E-state index contributed by atoms with van der Waals surface area (Å²) in [5.74, 6) is 0. The van der Waals surface area contributed by atoms with Crippen molar-refractivity contribution < 1.29 is 13.2 Å². The van der Waals surface area contributed by atoms with Crippen LogP contribution in [-0.4, -0.2) is 10.2 Å². The Morgan fingerprint density at radius 3 is 2.47 bits per heavy atom. The number of nitrogens with zero attached hydrogens (tertiary/aromatic N) is 1. The van der Waals surface area contributed by atoms with E-state index < -0.39 is 11.9 Å². The number of nitrogens with one attached hydrogen (secondary N) is 1. The zero-order valence-electron chi connectivity index (χ0n) is 9.39. The lowest BCUT2D eigenvalue weighted by atomic mass is 9.99. The summed E-state index contributed by atoms with van der Waals surface area (Å²) in [7, 11) is 0. The molecule has 90 valence electrons. The first-order valence-electron chi connectivity index (χ1n) is 5.08. The highest BCUT2D eigenvalue weighted by Gasteiger charge is 2.36. The van der Waals surface area contributed by atoms with Gasteiger partial charge in [0.25, 0.3) is 0 Å². The second kappa shape index (κ2) is 3.91. The van der Waals surface area contributed by atoms with Crippen molar-refractivity contribution >= 4 is 0 Å². The molecule has 5 heteroatoms. The van der Waals surface area contributed by atoms with Gasteiger partial charge in [0.2, 0.25) is 0 Å². The number of aryl methyl sites for hydroxylation is 2. The minimum atomic E-state index is -4.41. The summed E-state index contributed by atoms with van der Waals surface area (Å²) in [6, 6.07) is 5.40. The molecular formula is C12H11F3N2. The first-order chi connectivity index (χ1) is 7.89. The molecule has 17 heavy (non-hydrogen) atoms. The van der Waals surface area contributed by atoms with Crippen molar-refractivity contribution in [3.63, 3.8) is 0 Å². The Balaban J connectivity index is 2.61. The Hall–Kier alpha value is -1.78. The SMILES string of the molecule is Cc1ccc(C)c(-c2cn[nH]c2C(F)(F)F)c1. The van der Waals surface area contributed by atoms with E-state index in [1.54, 1.807) is 19.1 Å². The van der Waals surface area contributed by atoms with Crippen molar-refractivity contribution in [2.75, 3.05) is 0 Å². The molecular weight excluding hydrogens is 229 g/mol. The van der Waals surface area contributed by atoms with Gasteiger partial charge in [-0.2, -0.15) is 18.3 Å². The molecule has 1 N–H and O–H groups in total. The van der Waals surface area contributed by atoms with Crippen molar-refractivity contribution in [2.24, 2.45) is 0 Å². The van der Waals surface area contributed by atoms with Crippen LogP contribution in [0, 0.1) is 13.8 Å². The third kappa shape index (κ3) is 2.18. The number of H-pyrrole nitrogens is 1. The zero-order chi connectivity index (χ0) is 12.6. The van der Waals surface area contributed by atoms with Crippen molar-refractivity contribution in [3.05, 3.63) is 41.2 Å². The van der Waals surface area contributed by atoms with E-state index in [4.69, 9.17) is 0 Å². The van der Waals surface area contributed by atoms with E-state index >= 15 is 0 Å². The third-order valence-corrected chi connectivity index (χ3v) is 2.61. The highest BCUT2D eigenvalue weighted by molar-refractivity contribution is 5.69. The van der Waals surface area contributed by atoms with E-state index in [0.717, 1.165) is 11.1 Å².